The molecular formula is C18H29F3N4O. The SMILES string of the molecule is CCN(CC)CCCNC(=NC)NCc1ccc(OCC(F)(F)F)cc1. The van der Waals surface area contributed by atoms with E-state index in [1.165, 1.54) is 12.1 Å². The number of nitrogens with zero attached hydrogens (tertiary/aromatic N) is 2. The van der Waals surface area contributed by atoms with Crippen molar-refractivity contribution in [3.05, 3.63) is 29.8 Å². The molecule has 0 amide bonds. The Bertz CT molecular complexity index is 528. The van der Waals surface area contributed by atoms with Crippen molar-refractivity contribution in [3.8, 4) is 5.75 Å². The van der Waals surface area contributed by atoms with Gasteiger partial charge in [0.1, 0.15) is 5.75 Å². The van der Waals surface area contributed by atoms with Crippen LogP contribution in [0.25, 0.3) is 0 Å². The quantitative estimate of drug-likeness (QED) is 0.376. The van der Waals surface area contributed by atoms with Crippen LogP contribution in [-0.2, 0) is 6.54 Å². The number of alkyl halides is 3. The van der Waals surface area contributed by atoms with Crippen molar-refractivity contribution in [2.75, 3.05) is 39.8 Å². The highest BCUT2D eigenvalue weighted by Crippen LogP contribution is 2.18. The van der Waals surface area contributed by atoms with Gasteiger partial charge in [0.2, 0.25) is 0 Å². The molecule has 2 N–H and O–H groups in total. The van der Waals surface area contributed by atoms with Crippen LogP contribution >= 0.6 is 0 Å². The summed E-state index contributed by atoms with van der Waals surface area (Å²) in [5.41, 5.74) is 0.926. The minimum atomic E-state index is -4.33. The lowest BCUT2D eigenvalue weighted by molar-refractivity contribution is -0.153. The molecule has 8 heteroatoms. The van der Waals surface area contributed by atoms with Crippen LogP contribution in [-0.4, -0.2) is 56.9 Å². The van der Waals surface area contributed by atoms with E-state index >= 15 is 0 Å². The summed E-state index contributed by atoms with van der Waals surface area (Å²) >= 11 is 0. The molecule has 1 aromatic carbocycles. The molecule has 0 aromatic heterocycles. The Morgan fingerprint density at radius 2 is 1.77 bits per heavy atom. The smallest absolute Gasteiger partial charge is 0.422 e. The summed E-state index contributed by atoms with van der Waals surface area (Å²) in [4.78, 5) is 6.53. The van der Waals surface area contributed by atoms with Gasteiger partial charge < -0.3 is 20.3 Å². The molecule has 0 saturated carbocycles. The monoisotopic (exact) mass is 374 g/mol. The zero-order valence-corrected chi connectivity index (χ0v) is 15.7. The fourth-order valence-corrected chi connectivity index (χ4v) is 2.32. The van der Waals surface area contributed by atoms with Gasteiger partial charge in [0, 0.05) is 20.1 Å². The van der Waals surface area contributed by atoms with E-state index < -0.39 is 12.8 Å². The summed E-state index contributed by atoms with van der Waals surface area (Å²) < 4.78 is 41.1. The Kier molecular flexibility index (Phi) is 9.87. The number of hydrogen-bond acceptors (Lipinski definition) is 3. The molecule has 1 rings (SSSR count). The molecule has 0 aliphatic carbocycles. The molecule has 5 nitrogen and oxygen atoms in total. The summed E-state index contributed by atoms with van der Waals surface area (Å²) in [6.07, 6.45) is -3.31. The molecular weight excluding hydrogens is 345 g/mol. The zero-order valence-electron chi connectivity index (χ0n) is 15.7. The van der Waals surface area contributed by atoms with Crippen LogP contribution in [0.5, 0.6) is 5.75 Å². The molecule has 1 aromatic rings. The first-order valence-corrected chi connectivity index (χ1v) is 8.83. The van der Waals surface area contributed by atoms with Crippen LogP contribution in [0.3, 0.4) is 0 Å². The number of halogens is 3. The van der Waals surface area contributed by atoms with Crippen LogP contribution in [0, 0.1) is 0 Å². The van der Waals surface area contributed by atoms with Gasteiger partial charge in [-0.2, -0.15) is 13.2 Å². The first-order valence-electron chi connectivity index (χ1n) is 8.83. The number of aliphatic imine (C=N–C) groups is 1. The van der Waals surface area contributed by atoms with Gasteiger partial charge >= 0.3 is 6.18 Å². The van der Waals surface area contributed by atoms with Gasteiger partial charge in [0.05, 0.1) is 0 Å². The Balaban J connectivity index is 2.32. The summed E-state index contributed by atoms with van der Waals surface area (Å²) in [6, 6.07) is 6.52. The van der Waals surface area contributed by atoms with Crippen LogP contribution < -0.4 is 15.4 Å². The highest BCUT2D eigenvalue weighted by Gasteiger charge is 2.28. The molecule has 0 radical (unpaired) electrons. The average molecular weight is 374 g/mol. The summed E-state index contributed by atoms with van der Waals surface area (Å²) in [5.74, 6) is 0.895. The predicted molar refractivity (Wildman–Crippen MR) is 98.6 cm³/mol. The highest BCUT2D eigenvalue weighted by atomic mass is 19.4. The van der Waals surface area contributed by atoms with E-state index in [4.69, 9.17) is 0 Å². The maximum Gasteiger partial charge on any atom is 0.422 e. The number of hydrogen-bond donors (Lipinski definition) is 2. The molecule has 0 spiro atoms. The van der Waals surface area contributed by atoms with E-state index in [2.05, 4.69) is 39.1 Å². The van der Waals surface area contributed by atoms with E-state index in [0.29, 0.717) is 12.5 Å². The van der Waals surface area contributed by atoms with Crippen molar-refractivity contribution in [1.82, 2.24) is 15.5 Å². The highest BCUT2D eigenvalue weighted by molar-refractivity contribution is 5.79. The third kappa shape index (κ3) is 9.50. The third-order valence-corrected chi connectivity index (χ3v) is 3.85. The van der Waals surface area contributed by atoms with Gasteiger partial charge in [-0.05, 0) is 43.8 Å². The molecule has 26 heavy (non-hydrogen) atoms. The summed E-state index contributed by atoms with van der Waals surface area (Å²) in [6.45, 7) is 7.49. The Hall–Kier alpha value is -1.96. The maximum absolute atomic E-state index is 12.1. The van der Waals surface area contributed by atoms with Gasteiger partial charge in [-0.1, -0.05) is 26.0 Å². The standard InChI is InChI=1S/C18H29F3N4O/c1-4-25(5-2)12-6-11-23-17(22-3)24-13-15-7-9-16(10-8-15)26-14-18(19,20)21/h7-10H,4-6,11-14H2,1-3H3,(H2,22,23,24). The van der Waals surface area contributed by atoms with Crippen LogP contribution in [0.4, 0.5) is 13.2 Å². The van der Waals surface area contributed by atoms with E-state index in [1.54, 1.807) is 19.2 Å². The minimum Gasteiger partial charge on any atom is -0.484 e. The Morgan fingerprint density at radius 1 is 1.12 bits per heavy atom. The van der Waals surface area contributed by atoms with Crippen molar-refractivity contribution in [1.29, 1.82) is 0 Å². The van der Waals surface area contributed by atoms with Crippen LogP contribution in [0.1, 0.15) is 25.8 Å². The Labute approximate surface area is 153 Å². The number of rotatable bonds is 10. The van der Waals surface area contributed by atoms with Crippen molar-refractivity contribution < 1.29 is 17.9 Å². The first kappa shape index (κ1) is 22.1. The number of benzene rings is 1. The second-order valence-corrected chi connectivity index (χ2v) is 5.78. The topological polar surface area (TPSA) is 48.9 Å². The van der Waals surface area contributed by atoms with Gasteiger partial charge in [-0.15, -0.1) is 0 Å². The van der Waals surface area contributed by atoms with Crippen molar-refractivity contribution in [2.24, 2.45) is 4.99 Å². The van der Waals surface area contributed by atoms with Crippen molar-refractivity contribution in [2.45, 2.75) is 33.0 Å². The molecule has 0 bridgehead atoms. The lowest BCUT2D eigenvalue weighted by Crippen LogP contribution is -2.38. The molecule has 0 atom stereocenters. The molecule has 0 aliphatic rings. The normalized spacial score (nSPS) is 12.3. The molecule has 0 saturated heterocycles. The second-order valence-electron chi connectivity index (χ2n) is 5.78. The Morgan fingerprint density at radius 3 is 2.31 bits per heavy atom. The van der Waals surface area contributed by atoms with Gasteiger partial charge in [-0.25, -0.2) is 0 Å². The predicted octanol–water partition coefficient (Wildman–Crippen LogP) is 3.02. The molecule has 0 aliphatic heterocycles. The first-order chi connectivity index (χ1) is 12.4. The van der Waals surface area contributed by atoms with Crippen molar-refractivity contribution in [3.63, 3.8) is 0 Å². The zero-order chi connectivity index (χ0) is 19.4. The van der Waals surface area contributed by atoms with Crippen LogP contribution in [0.15, 0.2) is 29.3 Å². The van der Waals surface area contributed by atoms with E-state index in [-0.39, 0.29) is 5.75 Å². The molecule has 0 fully saturated rings. The molecule has 0 heterocycles. The van der Waals surface area contributed by atoms with E-state index in [0.717, 1.165) is 38.2 Å². The molecule has 0 unspecified atom stereocenters. The van der Waals surface area contributed by atoms with Crippen molar-refractivity contribution >= 4 is 5.96 Å². The number of guanidine groups is 1. The van der Waals surface area contributed by atoms with E-state index in [9.17, 15) is 13.2 Å². The van der Waals surface area contributed by atoms with E-state index in [1.807, 2.05) is 0 Å². The largest absolute Gasteiger partial charge is 0.484 e. The fraction of sp³-hybridized carbons (Fsp3) is 0.611. The van der Waals surface area contributed by atoms with Crippen LogP contribution in [0.2, 0.25) is 0 Å². The van der Waals surface area contributed by atoms with Gasteiger partial charge in [0.15, 0.2) is 12.6 Å². The third-order valence-electron chi connectivity index (χ3n) is 3.85. The minimum absolute atomic E-state index is 0.199. The van der Waals surface area contributed by atoms with Gasteiger partial charge in [0.25, 0.3) is 0 Å². The number of ether oxygens (including phenoxy) is 1. The summed E-state index contributed by atoms with van der Waals surface area (Å²) in [7, 11) is 1.70. The average Bonchev–Trinajstić information content (AvgIpc) is 2.63. The summed E-state index contributed by atoms with van der Waals surface area (Å²) in [5, 5.41) is 6.44. The second kappa shape index (κ2) is 11.6. The van der Waals surface area contributed by atoms with Gasteiger partial charge in [-0.3, -0.25) is 4.99 Å². The fourth-order valence-electron chi connectivity index (χ4n) is 2.32. The lowest BCUT2D eigenvalue weighted by atomic mass is 10.2. The lowest BCUT2D eigenvalue weighted by Gasteiger charge is -2.18. The molecule has 148 valence electrons. The maximum atomic E-state index is 12.1. The number of nitrogens with one attached hydrogen (secondary N) is 2.